The Labute approximate surface area is 129 Å². The number of carbonyl (C=O) groups is 3. The third-order valence-corrected chi connectivity index (χ3v) is 3.30. The van der Waals surface area contributed by atoms with Crippen LogP contribution in [-0.2, 0) is 25.5 Å². The number of aromatic hydroxyl groups is 1. The van der Waals surface area contributed by atoms with Gasteiger partial charge in [0, 0.05) is 18.8 Å². The Kier molecular flexibility index (Phi) is 7.61. The molecule has 22 heavy (non-hydrogen) atoms. The first-order valence-corrected chi connectivity index (χ1v) is 7.09. The van der Waals surface area contributed by atoms with Gasteiger partial charge in [-0.05, 0) is 30.2 Å². The minimum absolute atomic E-state index is 0.00278. The summed E-state index contributed by atoms with van der Waals surface area (Å²) in [6.07, 6.45) is 3.55. The zero-order chi connectivity index (χ0) is 16.4. The maximum absolute atomic E-state index is 11.8. The molecule has 0 saturated heterocycles. The Morgan fingerprint density at radius 3 is 2.73 bits per heavy atom. The molecule has 118 valence electrons. The molecule has 0 bridgehead atoms. The second-order valence-corrected chi connectivity index (χ2v) is 4.85. The normalized spacial score (nSPS) is 12.5. The lowest BCUT2D eigenvalue weighted by molar-refractivity contribution is -0.144. The van der Waals surface area contributed by atoms with Gasteiger partial charge < -0.3 is 14.6 Å². The van der Waals surface area contributed by atoms with E-state index >= 15 is 0 Å². The van der Waals surface area contributed by atoms with E-state index in [2.05, 4.69) is 0 Å². The van der Waals surface area contributed by atoms with E-state index in [-0.39, 0.29) is 25.2 Å². The molecule has 5 heteroatoms. The molecule has 1 aromatic rings. The van der Waals surface area contributed by atoms with Crippen molar-refractivity contribution in [2.75, 3.05) is 6.61 Å². The van der Waals surface area contributed by atoms with Crippen LogP contribution < -0.4 is 0 Å². The van der Waals surface area contributed by atoms with E-state index in [0.29, 0.717) is 24.6 Å². The minimum atomic E-state index is -0.451. The first kappa shape index (κ1) is 17.6. The molecular weight excluding hydrogens is 284 g/mol. The summed E-state index contributed by atoms with van der Waals surface area (Å²) < 4.78 is 5.12. The highest BCUT2D eigenvalue weighted by Crippen LogP contribution is 2.18. The predicted molar refractivity (Wildman–Crippen MR) is 81.4 cm³/mol. The fourth-order valence-corrected chi connectivity index (χ4v) is 2.11. The van der Waals surface area contributed by atoms with Crippen LogP contribution in [0.15, 0.2) is 35.9 Å². The Morgan fingerprint density at radius 1 is 1.36 bits per heavy atom. The van der Waals surface area contributed by atoms with Crippen LogP contribution in [-0.4, -0.2) is 30.3 Å². The largest absolute Gasteiger partial charge is 0.508 e. The summed E-state index contributed by atoms with van der Waals surface area (Å²) in [5.41, 5.74) is 1.29. The quantitative estimate of drug-likeness (QED) is 0.430. The van der Waals surface area contributed by atoms with Crippen molar-refractivity contribution in [3.05, 3.63) is 41.5 Å². The van der Waals surface area contributed by atoms with Gasteiger partial charge in [-0.25, -0.2) is 0 Å². The van der Waals surface area contributed by atoms with Crippen LogP contribution in [0.25, 0.3) is 0 Å². The molecule has 1 atom stereocenters. The molecule has 1 N–H and O–H groups in total. The number of hydrogen-bond donors (Lipinski definition) is 1. The van der Waals surface area contributed by atoms with Crippen LogP contribution >= 0.6 is 0 Å². The molecule has 0 aliphatic rings. The summed E-state index contributed by atoms with van der Waals surface area (Å²) in [7, 11) is 0. The van der Waals surface area contributed by atoms with Crippen molar-refractivity contribution in [3.63, 3.8) is 0 Å². The van der Waals surface area contributed by atoms with Crippen molar-refractivity contribution in [1.29, 1.82) is 0 Å². The number of allylic oxidation sites excluding steroid dienone is 2. The van der Waals surface area contributed by atoms with Crippen molar-refractivity contribution in [3.8, 4) is 5.75 Å². The van der Waals surface area contributed by atoms with Crippen LogP contribution in [0.5, 0.6) is 5.75 Å². The van der Waals surface area contributed by atoms with Gasteiger partial charge in [0.2, 0.25) is 0 Å². The Balaban J connectivity index is 2.47. The van der Waals surface area contributed by atoms with Gasteiger partial charge in [-0.15, -0.1) is 0 Å². The summed E-state index contributed by atoms with van der Waals surface area (Å²) in [6, 6.07) is 6.72. The molecule has 0 heterocycles. The lowest BCUT2D eigenvalue weighted by Gasteiger charge is -2.13. The minimum Gasteiger partial charge on any atom is -0.508 e. The van der Waals surface area contributed by atoms with Gasteiger partial charge in [0.25, 0.3) is 0 Å². The average Bonchev–Trinajstić information content (AvgIpc) is 2.48. The number of hydrogen-bond acceptors (Lipinski definition) is 5. The first-order valence-electron chi connectivity index (χ1n) is 7.09. The number of benzene rings is 1. The molecule has 0 spiro atoms. The van der Waals surface area contributed by atoms with Crippen molar-refractivity contribution in [1.82, 2.24) is 0 Å². The van der Waals surface area contributed by atoms with Crippen molar-refractivity contribution < 1.29 is 24.2 Å². The predicted octanol–water partition coefficient (Wildman–Crippen LogP) is 2.22. The number of esters is 1. The van der Waals surface area contributed by atoms with Gasteiger partial charge in [0.1, 0.15) is 18.3 Å². The average molecular weight is 304 g/mol. The molecule has 5 nitrogen and oxygen atoms in total. The Bertz CT molecular complexity index is 548. The summed E-state index contributed by atoms with van der Waals surface area (Å²) in [6.45, 7) is 1.87. The van der Waals surface area contributed by atoms with E-state index in [0.717, 1.165) is 5.56 Å². The van der Waals surface area contributed by atoms with Gasteiger partial charge in [-0.3, -0.25) is 9.59 Å². The molecule has 0 aliphatic carbocycles. The second kappa shape index (κ2) is 9.50. The van der Waals surface area contributed by atoms with Gasteiger partial charge >= 0.3 is 5.97 Å². The van der Waals surface area contributed by atoms with Crippen molar-refractivity contribution >= 4 is 18.5 Å². The van der Waals surface area contributed by atoms with Crippen LogP contribution in [0.2, 0.25) is 0 Å². The third-order valence-electron chi connectivity index (χ3n) is 3.30. The molecule has 0 aromatic heterocycles. The van der Waals surface area contributed by atoms with E-state index in [1.165, 1.54) is 0 Å². The van der Waals surface area contributed by atoms with E-state index in [4.69, 9.17) is 4.74 Å². The highest BCUT2D eigenvalue weighted by molar-refractivity contribution is 5.78. The van der Waals surface area contributed by atoms with Gasteiger partial charge in [-0.2, -0.15) is 0 Å². The topological polar surface area (TPSA) is 80.7 Å². The van der Waals surface area contributed by atoms with E-state index in [1.54, 1.807) is 31.2 Å². The molecule has 0 saturated carbocycles. The molecule has 0 aliphatic heterocycles. The fraction of sp³-hybridized carbons (Fsp3) is 0.353. The van der Waals surface area contributed by atoms with Gasteiger partial charge in [0.15, 0.2) is 0 Å². The summed E-state index contributed by atoms with van der Waals surface area (Å²) in [4.78, 5) is 33.3. The first-order chi connectivity index (χ1) is 10.6. The Morgan fingerprint density at radius 2 is 2.14 bits per heavy atom. The van der Waals surface area contributed by atoms with Crippen LogP contribution in [0.4, 0.5) is 0 Å². The van der Waals surface area contributed by atoms with Crippen LogP contribution in [0.1, 0.15) is 25.3 Å². The Hall–Kier alpha value is -2.43. The molecular formula is C17H20O5. The zero-order valence-corrected chi connectivity index (χ0v) is 12.5. The number of aldehydes is 2. The molecule has 0 radical (unpaired) electrons. The highest BCUT2D eigenvalue weighted by atomic mass is 16.5. The molecule has 1 rings (SSSR count). The fourth-order valence-electron chi connectivity index (χ4n) is 2.11. The molecule has 0 amide bonds. The maximum Gasteiger partial charge on any atom is 0.306 e. The summed E-state index contributed by atoms with van der Waals surface area (Å²) in [5.74, 6) is -0.722. The third kappa shape index (κ3) is 5.91. The van der Waals surface area contributed by atoms with Gasteiger partial charge in [-0.1, -0.05) is 18.2 Å². The van der Waals surface area contributed by atoms with Crippen LogP contribution in [0, 0.1) is 5.92 Å². The molecule has 0 fully saturated rings. The summed E-state index contributed by atoms with van der Waals surface area (Å²) >= 11 is 0. The number of ether oxygens (including phenoxy) is 1. The highest BCUT2D eigenvalue weighted by Gasteiger charge is 2.18. The smallest absolute Gasteiger partial charge is 0.306 e. The summed E-state index contributed by atoms with van der Waals surface area (Å²) in [5, 5.41) is 9.33. The number of carbonyl (C=O) groups excluding carboxylic acids is 3. The second-order valence-electron chi connectivity index (χ2n) is 4.85. The molecule has 1 aromatic carbocycles. The molecule has 0 unspecified atom stereocenters. The van der Waals surface area contributed by atoms with Gasteiger partial charge in [0.05, 0.1) is 13.0 Å². The van der Waals surface area contributed by atoms with Crippen LogP contribution in [0.3, 0.4) is 0 Å². The van der Waals surface area contributed by atoms with E-state index < -0.39 is 11.9 Å². The SMILES string of the molecule is CC=C(C=O)[C@@H](CC=O)CC(=O)OCCc1cccc(O)c1. The zero-order valence-electron chi connectivity index (χ0n) is 12.5. The van der Waals surface area contributed by atoms with E-state index in [1.807, 2.05) is 6.07 Å². The number of rotatable bonds is 9. The number of phenolic OH excluding ortho intramolecular Hbond substituents is 1. The standard InChI is InChI=1S/C17H20O5/c1-2-14(12-19)15(6-8-18)11-17(21)22-9-7-13-4-3-5-16(20)10-13/h2-5,8,10,12,15,20H,6-7,9,11H2,1H3/t15-/m0/s1. The lowest BCUT2D eigenvalue weighted by Crippen LogP contribution is -2.16. The van der Waals surface area contributed by atoms with Crippen molar-refractivity contribution in [2.24, 2.45) is 5.92 Å². The van der Waals surface area contributed by atoms with Crippen molar-refractivity contribution in [2.45, 2.75) is 26.2 Å². The monoisotopic (exact) mass is 304 g/mol. The maximum atomic E-state index is 11.8. The number of phenols is 1. The lowest BCUT2D eigenvalue weighted by atomic mass is 9.93. The van der Waals surface area contributed by atoms with E-state index in [9.17, 15) is 19.5 Å².